The van der Waals surface area contributed by atoms with Gasteiger partial charge in [-0.25, -0.2) is 0 Å². The maximum absolute atomic E-state index is 2.44. The summed E-state index contributed by atoms with van der Waals surface area (Å²) in [5, 5.41) is 0. The molecule has 0 spiro atoms. The van der Waals surface area contributed by atoms with Gasteiger partial charge >= 0.3 is 0 Å². The summed E-state index contributed by atoms with van der Waals surface area (Å²) in [4.78, 5) is 0. The standard InChI is InChI=1S/C12H26Si/c1-5-6-7-8-9-10-11-12-13(2,3)4/h9-10H,5-8,11-12H2,1-4H3/b10-9+. The Morgan fingerprint density at radius 2 is 1.54 bits per heavy atom. The largest absolute Gasteiger partial charge is 0.0888 e. The van der Waals surface area contributed by atoms with E-state index >= 15 is 0 Å². The molecule has 0 radical (unpaired) electrons. The zero-order valence-corrected chi connectivity index (χ0v) is 10.9. The van der Waals surface area contributed by atoms with Crippen molar-refractivity contribution in [3.8, 4) is 0 Å². The highest BCUT2D eigenvalue weighted by Crippen LogP contribution is 2.11. The molecule has 0 rings (SSSR count). The molecule has 0 aliphatic rings. The molecule has 0 bridgehead atoms. The van der Waals surface area contributed by atoms with E-state index in [9.17, 15) is 0 Å². The third-order valence-corrected chi connectivity index (χ3v) is 3.99. The second kappa shape index (κ2) is 7.37. The van der Waals surface area contributed by atoms with Gasteiger partial charge in [-0.2, -0.15) is 0 Å². The van der Waals surface area contributed by atoms with Gasteiger partial charge in [0.2, 0.25) is 0 Å². The van der Waals surface area contributed by atoms with Gasteiger partial charge in [0.15, 0.2) is 0 Å². The molecule has 0 N–H and O–H groups in total. The lowest BCUT2D eigenvalue weighted by Gasteiger charge is -2.13. The minimum absolute atomic E-state index is 0.784. The SMILES string of the molecule is CCCCC/C=C/CC[Si](C)(C)C. The van der Waals surface area contributed by atoms with Crippen molar-refractivity contribution < 1.29 is 0 Å². The van der Waals surface area contributed by atoms with Gasteiger partial charge in [0.05, 0.1) is 0 Å². The van der Waals surface area contributed by atoms with E-state index in [4.69, 9.17) is 0 Å². The number of hydrogen-bond acceptors (Lipinski definition) is 0. The van der Waals surface area contributed by atoms with Gasteiger partial charge in [-0.1, -0.05) is 57.6 Å². The van der Waals surface area contributed by atoms with Gasteiger partial charge in [0, 0.05) is 8.07 Å². The van der Waals surface area contributed by atoms with Crippen molar-refractivity contribution >= 4 is 8.07 Å². The molecule has 0 saturated carbocycles. The fourth-order valence-corrected chi connectivity index (χ4v) is 2.30. The average molecular weight is 198 g/mol. The van der Waals surface area contributed by atoms with Gasteiger partial charge in [-0.3, -0.25) is 0 Å². The van der Waals surface area contributed by atoms with E-state index in [2.05, 4.69) is 38.7 Å². The average Bonchev–Trinajstić information content (AvgIpc) is 2.01. The monoisotopic (exact) mass is 198 g/mol. The Kier molecular flexibility index (Phi) is 7.34. The Morgan fingerprint density at radius 3 is 2.08 bits per heavy atom. The van der Waals surface area contributed by atoms with Crippen LogP contribution in [0.2, 0.25) is 25.7 Å². The fraction of sp³-hybridized carbons (Fsp3) is 0.833. The van der Waals surface area contributed by atoms with Crippen molar-refractivity contribution in [1.29, 1.82) is 0 Å². The number of allylic oxidation sites excluding steroid dienone is 2. The maximum Gasteiger partial charge on any atom is 0.0445 e. The first-order valence-corrected chi connectivity index (χ1v) is 9.42. The van der Waals surface area contributed by atoms with Gasteiger partial charge in [-0.15, -0.1) is 0 Å². The summed E-state index contributed by atoms with van der Waals surface area (Å²) in [7, 11) is -0.784. The summed E-state index contributed by atoms with van der Waals surface area (Å²) in [5.74, 6) is 0. The van der Waals surface area contributed by atoms with Crippen molar-refractivity contribution in [2.45, 2.75) is 64.7 Å². The molecule has 0 saturated heterocycles. The summed E-state index contributed by atoms with van der Waals surface area (Å²) in [6, 6.07) is 1.44. The van der Waals surface area contributed by atoms with E-state index in [-0.39, 0.29) is 0 Å². The van der Waals surface area contributed by atoms with E-state index in [1.165, 1.54) is 38.1 Å². The van der Waals surface area contributed by atoms with Gasteiger partial charge in [-0.05, 0) is 19.3 Å². The summed E-state index contributed by atoms with van der Waals surface area (Å²) in [5.41, 5.74) is 0. The Balaban J connectivity index is 3.22. The summed E-state index contributed by atoms with van der Waals surface area (Å²) >= 11 is 0. The number of rotatable bonds is 7. The van der Waals surface area contributed by atoms with Crippen molar-refractivity contribution in [2.24, 2.45) is 0 Å². The molecule has 0 aromatic carbocycles. The van der Waals surface area contributed by atoms with Crippen LogP contribution in [0.5, 0.6) is 0 Å². The predicted molar refractivity (Wildman–Crippen MR) is 66.1 cm³/mol. The molecular weight excluding hydrogens is 172 g/mol. The Hall–Kier alpha value is -0.0431. The van der Waals surface area contributed by atoms with Crippen molar-refractivity contribution in [3.05, 3.63) is 12.2 Å². The summed E-state index contributed by atoms with van der Waals surface area (Å²) < 4.78 is 0. The molecule has 0 unspecified atom stereocenters. The molecule has 0 nitrogen and oxygen atoms in total. The van der Waals surface area contributed by atoms with E-state index in [1.54, 1.807) is 0 Å². The topological polar surface area (TPSA) is 0 Å². The van der Waals surface area contributed by atoms with Crippen LogP contribution in [0.4, 0.5) is 0 Å². The molecule has 0 fully saturated rings. The molecule has 0 aromatic rings. The van der Waals surface area contributed by atoms with Crippen LogP contribution < -0.4 is 0 Å². The lowest BCUT2D eigenvalue weighted by Crippen LogP contribution is -2.18. The van der Waals surface area contributed by atoms with Gasteiger partial charge in [0.1, 0.15) is 0 Å². The van der Waals surface area contributed by atoms with E-state index in [0.717, 1.165) is 0 Å². The van der Waals surface area contributed by atoms with Crippen LogP contribution >= 0.6 is 0 Å². The van der Waals surface area contributed by atoms with Crippen LogP contribution in [-0.2, 0) is 0 Å². The lowest BCUT2D eigenvalue weighted by atomic mass is 10.2. The quantitative estimate of drug-likeness (QED) is 0.312. The zero-order chi connectivity index (χ0) is 10.2. The first-order valence-electron chi connectivity index (χ1n) is 5.71. The van der Waals surface area contributed by atoms with E-state index < -0.39 is 8.07 Å². The van der Waals surface area contributed by atoms with Crippen LogP contribution in [0.3, 0.4) is 0 Å². The molecule has 0 heterocycles. The molecule has 1 heteroatoms. The normalized spacial score (nSPS) is 12.6. The minimum atomic E-state index is -0.784. The van der Waals surface area contributed by atoms with E-state index in [0.29, 0.717) is 0 Å². The minimum Gasteiger partial charge on any atom is -0.0888 e. The van der Waals surface area contributed by atoms with Crippen LogP contribution in [0, 0.1) is 0 Å². The number of unbranched alkanes of at least 4 members (excludes halogenated alkanes) is 3. The zero-order valence-electron chi connectivity index (χ0n) is 9.90. The van der Waals surface area contributed by atoms with Crippen LogP contribution in [0.15, 0.2) is 12.2 Å². The second-order valence-corrected chi connectivity index (χ2v) is 10.7. The predicted octanol–water partition coefficient (Wildman–Crippen LogP) is 4.85. The van der Waals surface area contributed by atoms with Crippen LogP contribution in [0.1, 0.15) is 39.0 Å². The van der Waals surface area contributed by atoms with Gasteiger partial charge < -0.3 is 0 Å². The molecule has 0 aliphatic carbocycles. The van der Waals surface area contributed by atoms with E-state index in [1.807, 2.05) is 0 Å². The van der Waals surface area contributed by atoms with Crippen molar-refractivity contribution in [3.63, 3.8) is 0 Å². The van der Waals surface area contributed by atoms with Crippen molar-refractivity contribution in [1.82, 2.24) is 0 Å². The first-order chi connectivity index (χ1) is 6.06. The smallest absolute Gasteiger partial charge is 0.0445 e. The molecule has 13 heavy (non-hydrogen) atoms. The highest BCUT2D eigenvalue weighted by Gasteiger charge is 2.10. The summed E-state index contributed by atoms with van der Waals surface area (Å²) in [6.07, 6.45) is 11.5. The highest BCUT2D eigenvalue weighted by molar-refractivity contribution is 6.76. The summed E-state index contributed by atoms with van der Waals surface area (Å²) in [6.45, 7) is 9.59. The molecule has 78 valence electrons. The Labute approximate surface area is 85.4 Å². The molecule has 0 aliphatic heterocycles. The van der Waals surface area contributed by atoms with Gasteiger partial charge in [0.25, 0.3) is 0 Å². The lowest BCUT2D eigenvalue weighted by molar-refractivity contribution is 0.728. The molecule has 0 amide bonds. The molecular formula is C12H26Si. The maximum atomic E-state index is 2.44. The van der Waals surface area contributed by atoms with Crippen molar-refractivity contribution in [2.75, 3.05) is 0 Å². The third kappa shape index (κ3) is 12.0. The number of hydrogen-bond donors (Lipinski definition) is 0. The molecule has 0 aromatic heterocycles. The second-order valence-electron chi connectivity index (χ2n) is 5.07. The van der Waals surface area contributed by atoms with Crippen LogP contribution in [-0.4, -0.2) is 8.07 Å². The fourth-order valence-electron chi connectivity index (χ4n) is 1.26. The third-order valence-electron chi connectivity index (χ3n) is 2.20. The molecule has 0 atom stereocenters. The van der Waals surface area contributed by atoms with Crippen LogP contribution in [0.25, 0.3) is 0 Å². The Morgan fingerprint density at radius 1 is 0.923 bits per heavy atom. The first kappa shape index (κ1) is 13.0. The Bertz CT molecular complexity index is 131. The highest BCUT2D eigenvalue weighted by atomic mass is 28.3.